The summed E-state index contributed by atoms with van der Waals surface area (Å²) in [6.45, 7) is 0. The summed E-state index contributed by atoms with van der Waals surface area (Å²) in [5, 5.41) is -7.40. The molecule has 10 rings (SSSR count). The van der Waals surface area contributed by atoms with E-state index in [0.717, 1.165) is 6.07 Å². The zero-order valence-electron chi connectivity index (χ0n) is 56.1. The average Bonchev–Trinajstić information content (AvgIpc) is 1.90. The summed E-state index contributed by atoms with van der Waals surface area (Å²) >= 11 is 0. The van der Waals surface area contributed by atoms with Gasteiger partial charge in [0.15, 0.2) is 0 Å². The molecule has 10 aromatic carbocycles. The van der Waals surface area contributed by atoms with Crippen molar-refractivity contribution in [3.05, 3.63) is 193 Å². The molecule has 0 aliphatic heterocycles. The Morgan fingerprint density at radius 1 is 0.260 bits per heavy atom. The number of benzene rings is 10. The van der Waals surface area contributed by atoms with Crippen LogP contribution >= 0.6 is 0 Å². The van der Waals surface area contributed by atoms with Gasteiger partial charge in [0.1, 0.15) is 0 Å². The average molecular weight is 664 g/mol. The highest BCUT2D eigenvalue weighted by Gasteiger charge is 2.19. The fraction of sp³-hybridized carbons (Fsp3) is 0. The Kier molecular flexibility index (Phi) is 2.61. The molecule has 0 aliphatic rings. The highest BCUT2D eigenvalue weighted by Crippen LogP contribution is 2.47. The highest BCUT2D eigenvalue weighted by atomic mass is 14.2. The van der Waals surface area contributed by atoms with E-state index < -0.39 is 286 Å². The lowest BCUT2D eigenvalue weighted by molar-refractivity contribution is 1.62. The smallest absolute Gasteiger partial charge is 0.0616 e. The molecule has 0 spiro atoms. The van der Waals surface area contributed by atoms with E-state index in [-0.39, 0.29) is 0 Å². The number of hydrogen-bond donors (Lipinski definition) is 0. The second-order valence-electron chi connectivity index (χ2n) is 10.8. The van der Waals surface area contributed by atoms with Gasteiger partial charge in [0, 0.05) is 0 Å². The zero-order valence-corrected chi connectivity index (χ0v) is 25.1. The lowest BCUT2D eigenvalue weighted by Crippen LogP contribution is -1.93. The third-order valence-electron chi connectivity index (χ3n) is 8.01. The van der Waals surface area contributed by atoms with Crippen molar-refractivity contribution < 1.29 is 42.5 Å². The molecule has 0 atom stereocenters. The first-order valence-electron chi connectivity index (χ1n) is 30.3. The Labute approximate surface area is 335 Å². The van der Waals surface area contributed by atoms with E-state index in [9.17, 15) is 17.8 Å². The van der Waals surface area contributed by atoms with Crippen LogP contribution in [-0.4, -0.2) is 0 Å². The molecule has 0 radical (unpaired) electrons. The van der Waals surface area contributed by atoms with Gasteiger partial charge in [0.2, 0.25) is 0 Å². The fourth-order valence-electron chi connectivity index (χ4n) is 5.81. The normalized spacial score (nSPS) is 20.3. The van der Waals surface area contributed by atoms with Gasteiger partial charge in [-0.15, -0.1) is 0 Å². The second kappa shape index (κ2) is 11.6. The Morgan fingerprint density at radius 3 is 1.50 bits per heavy atom. The van der Waals surface area contributed by atoms with Crippen molar-refractivity contribution in [2.45, 2.75) is 0 Å². The lowest BCUT2D eigenvalue weighted by atomic mass is 9.83. The zero-order chi connectivity index (χ0) is 60.0. The first-order chi connectivity index (χ1) is 37.7. The molecule has 50 heavy (non-hydrogen) atoms. The van der Waals surface area contributed by atoms with Crippen molar-refractivity contribution in [1.29, 1.82) is 0 Å². The Morgan fingerprint density at radius 2 is 0.780 bits per heavy atom. The van der Waals surface area contributed by atoms with Crippen LogP contribution in [0.5, 0.6) is 0 Å². The molecular weight excluding hydrogens is 601 g/mol. The van der Waals surface area contributed by atoms with Gasteiger partial charge in [-0.25, -0.2) is 0 Å². The first-order valence-corrected chi connectivity index (χ1v) is 14.8. The maximum atomic E-state index is 10.3. The molecule has 0 aliphatic carbocycles. The quantitative estimate of drug-likeness (QED) is 0.164. The van der Waals surface area contributed by atoms with Crippen LogP contribution < -0.4 is 0 Å². The molecule has 0 saturated heterocycles. The number of fused-ring (bicyclic) bond motifs is 5. The van der Waals surface area contributed by atoms with Crippen molar-refractivity contribution in [3.8, 4) is 44.5 Å². The third-order valence-corrected chi connectivity index (χ3v) is 8.01. The van der Waals surface area contributed by atoms with Gasteiger partial charge >= 0.3 is 0 Å². The van der Waals surface area contributed by atoms with Crippen LogP contribution in [0.4, 0.5) is 0 Å². The first kappa shape index (κ1) is 11.3. The number of hydrogen-bond acceptors (Lipinski definition) is 0. The van der Waals surface area contributed by atoms with Crippen molar-refractivity contribution in [2.75, 3.05) is 0 Å². The predicted octanol–water partition coefficient (Wildman–Crippen LogP) is 14.1. The molecule has 0 bridgehead atoms. The minimum atomic E-state index is -1.17. The molecule has 0 nitrogen and oxygen atoms in total. The van der Waals surface area contributed by atoms with Crippen LogP contribution in [0, 0.1) is 0 Å². The van der Waals surface area contributed by atoms with Gasteiger partial charge in [-0.3, -0.25) is 0 Å². The molecule has 0 unspecified atom stereocenters. The van der Waals surface area contributed by atoms with Gasteiger partial charge in [0.05, 0.1) is 42.5 Å². The van der Waals surface area contributed by atoms with E-state index in [2.05, 4.69) is 0 Å². The van der Waals surface area contributed by atoms with Crippen LogP contribution in [0.1, 0.15) is 42.5 Å². The predicted molar refractivity (Wildman–Crippen MR) is 216 cm³/mol. The van der Waals surface area contributed by atoms with Gasteiger partial charge in [-0.1, -0.05) is 169 Å². The third kappa shape index (κ3) is 4.69. The summed E-state index contributed by atoms with van der Waals surface area (Å²) in [6, 6.07) is -29.2. The van der Waals surface area contributed by atoms with Crippen LogP contribution in [0.15, 0.2) is 193 Å². The summed E-state index contributed by atoms with van der Waals surface area (Å²) in [4.78, 5) is 0. The van der Waals surface area contributed by atoms with Gasteiger partial charge in [0.25, 0.3) is 0 Å². The minimum Gasteiger partial charge on any atom is -0.0616 e. The van der Waals surface area contributed by atoms with E-state index in [0.29, 0.717) is 0 Å². The summed E-state index contributed by atoms with van der Waals surface area (Å²) in [5.74, 6) is 0. The topological polar surface area (TPSA) is 0 Å². The van der Waals surface area contributed by atoms with Crippen LogP contribution in [-0.2, 0) is 0 Å². The van der Waals surface area contributed by atoms with Crippen molar-refractivity contribution in [3.63, 3.8) is 0 Å². The largest absolute Gasteiger partial charge is 0.0636 e. The summed E-state index contributed by atoms with van der Waals surface area (Å²) in [5.41, 5.74) is -6.67. The number of rotatable bonds is 4. The fourth-order valence-corrected chi connectivity index (χ4v) is 5.81. The molecule has 0 fully saturated rings. The van der Waals surface area contributed by atoms with Gasteiger partial charge in [-0.05, 0) is 123 Å². The summed E-state index contributed by atoms with van der Waals surface area (Å²) in [6.07, 6.45) is 0. The molecule has 0 aromatic heterocycles. The maximum absolute atomic E-state index is 10.3. The Balaban J connectivity index is 1.56. The molecule has 0 saturated carbocycles. The molecule has 10 aromatic rings. The Hall–Kier alpha value is -6.50. The van der Waals surface area contributed by atoms with Gasteiger partial charge in [-0.2, -0.15) is 0 Å². The molecule has 0 heteroatoms. The van der Waals surface area contributed by atoms with E-state index >= 15 is 0 Å². The van der Waals surface area contributed by atoms with Crippen LogP contribution in [0.2, 0.25) is 0 Å². The van der Waals surface area contributed by atoms with Crippen molar-refractivity contribution in [2.24, 2.45) is 0 Å². The molecular formula is C50H32. The van der Waals surface area contributed by atoms with Crippen molar-refractivity contribution in [1.82, 2.24) is 0 Å². The van der Waals surface area contributed by atoms with E-state index in [1.165, 1.54) is 0 Å². The van der Waals surface area contributed by atoms with Gasteiger partial charge < -0.3 is 0 Å². The minimum absolute atomic E-state index is 0.560. The molecule has 0 amide bonds. The van der Waals surface area contributed by atoms with E-state index in [4.69, 9.17) is 24.7 Å². The molecule has 0 heterocycles. The van der Waals surface area contributed by atoms with Crippen molar-refractivity contribution >= 4 is 53.9 Å². The van der Waals surface area contributed by atoms with E-state index in [1.54, 1.807) is 0 Å². The maximum Gasteiger partial charge on any atom is 0.0636 e. The van der Waals surface area contributed by atoms with Crippen LogP contribution in [0.3, 0.4) is 0 Å². The standard InChI is InChI=1S/C50H32/c1-3-14-36-29-39(25-23-33(36)11-1)38-17-9-18-42(31-38)49-45-20-7-8-21-46(45)50(44-22-10-16-35-13-5-6-19-43(35)44)48-32-41(27-28-47(48)49)40-26-24-34-12-2-4-15-37(34)30-40/h1-32H/i1D,2D,3D,4D,5D,6D,7D,8D,9D,10D,11D,12D,13D,14D,15D,16D,18D,19D,20D,21D,22D,23D,24D,25D,26D,27D,28D,29D,30D,31D,32D. The SMILES string of the molecule is [2H]c1cc(-c2c([2H])c([2H])c3c([2H])c([2H])c([2H])c([2H])c3c2[2H])c([2H])c(-c2c3c([2H])c([2H])c([2H])c([2H])c3c(-c3c([2H])c([2H])c([2H])c4c([2H])c([2H])c([2H])c([2H])c34)c3c([2H])c(-c4c([2H])c([2H])c5c([2H])c([2H])c([2H])c([2H])c5c4[2H])c([2H])c([2H])c23)c1[2H]. The summed E-state index contributed by atoms with van der Waals surface area (Å²) < 4.78 is 282. The summed E-state index contributed by atoms with van der Waals surface area (Å²) in [7, 11) is 0. The second-order valence-corrected chi connectivity index (χ2v) is 10.8. The Bertz CT molecular complexity index is 4690. The lowest BCUT2D eigenvalue weighted by Gasteiger charge is -2.20. The molecule has 232 valence electrons. The van der Waals surface area contributed by atoms with Crippen LogP contribution in [0.25, 0.3) is 98.4 Å². The van der Waals surface area contributed by atoms with E-state index in [1.807, 2.05) is 0 Å². The molecule has 0 N–H and O–H groups in total. The monoisotopic (exact) mass is 663 g/mol. The highest BCUT2D eigenvalue weighted by molar-refractivity contribution is 6.24.